The third-order valence-corrected chi connectivity index (χ3v) is 9.53. The Kier molecular flexibility index (Phi) is 6.24. The van der Waals surface area contributed by atoms with Crippen molar-refractivity contribution in [3.63, 3.8) is 0 Å². The van der Waals surface area contributed by atoms with Gasteiger partial charge < -0.3 is 15.4 Å². The zero-order chi connectivity index (χ0) is 24.9. The van der Waals surface area contributed by atoms with E-state index in [0.29, 0.717) is 44.4 Å². The molecule has 1 heterocycles. The summed E-state index contributed by atoms with van der Waals surface area (Å²) in [5.74, 6) is 1.12. The first-order valence-electron chi connectivity index (χ1n) is 12.7. The third kappa shape index (κ3) is 4.39. The van der Waals surface area contributed by atoms with Gasteiger partial charge in [0.05, 0.1) is 17.6 Å². The average molecular weight is 495 g/mol. The van der Waals surface area contributed by atoms with E-state index in [0.717, 1.165) is 41.7 Å². The van der Waals surface area contributed by atoms with E-state index in [4.69, 9.17) is 4.74 Å². The van der Waals surface area contributed by atoms with Crippen LogP contribution in [0.4, 0.5) is 10.7 Å². The molecule has 0 aliphatic heterocycles. The van der Waals surface area contributed by atoms with Gasteiger partial charge in [0.25, 0.3) is 5.91 Å². The number of benzene rings is 1. The molecule has 35 heavy (non-hydrogen) atoms. The molecular weight excluding hydrogens is 460 g/mol. The molecule has 186 valence electrons. The number of esters is 1. The normalized spacial score (nSPS) is 26.5. The number of carbonyl (C=O) groups is 3. The van der Waals surface area contributed by atoms with Crippen molar-refractivity contribution in [2.45, 2.75) is 66.2 Å². The summed E-state index contributed by atoms with van der Waals surface area (Å²) < 4.78 is 5.24. The van der Waals surface area contributed by atoms with Crippen LogP contribution in [0.25, 0.3) is 0 Å². The van der Waals surface area contributed by atoms with Crippen molar-refractivity contribution >= 4 is 39.8 Å². The van der Waals surface area contributed by atoms with Gasteiger partial charge in [-0.15, -0.1) is 11.3 Å². The lowest BCUT2D eigenvalue weighted by atomic mass is 9.49. The molecule has 4 saturated carbocycles. The SMILES string of the molecule is CCOC(=O)c1sc(NC(=O)C23CC4CC(CC(C4)C2)C3)c(C(=O)Nc2ccc(C)c(C)c2)c1C. The largest absolute Gasteiger partial charge is 0.462 e. The van der Waals surface area contributed by atoms with Crippen LogP contribution in [0, 0.1) is 43.9 Å². The van der Waals surface area contributed by atoms with Gasteiger partial charge in [-0.3, -0.25) is 9.59 Å². The van der Waals surface area contributed by atoms with E-state index in [-0.39, 0.29) is 23.8 Å². The third-order valence-electron chi connectivity index (χ3n) is 8.35. The number of anilines is 2. The number of ether oxygens (including phenoxy) is 1. The molecule has 0 saturated heterocycles. The molecule has 0 unspecified atom stereocenters. The van der Waals surface area contributed by atoms with Crippen molar-refractivity contribution in [1.82, 2.24) is 0 Å². The van der Waals surface area contributed by atoms with Crippen molar-refractivity contribution in [3.05, 3.63) is 45.3 Å². The Morgan fingerprint density at radius 2 is 1.60 bits per heavy atom. The molecule has 0 radical (unpaired) electrons. The van der Waals surface area contributed by atoms with Crippen LogP contribution < -0.4 is 10.6 Å². The lowest BCUT2D eigenvalue weighted by molar-refractivity contribution is -0.140. The maximum atomic E-state index is 13.7. The number of hydrogen-bond donors (Lipinski definition) is 2. The van der Waals surface area contributed by atoms with Gasteiger partial charge in [0, 0.05) is 5.69 Å². The summed E-state index contributed by atoms with van der Waals surface area (Å²) in [6, 6.07) is 5.75. The van der Waals surface area contributed by atoms with Crippen molar-refractivity contribution in [3.8, 4) is 0 Å². The summed E-state index contributed by atoms with van der Waals surface area (Å²) in [6.45, 7) is 7.77. The monoisotopic (exact) mass is 494 g/mol. The Morgan fingerprint density at radius 3 is 2.17 bits per heavy atom. The fourth-order valence-electron chi connectivity index (χ4n) is 6.90. The summed E-state index contributed by atoms with van der Waals surface area (Å²) in [5.41, 5.74) is 3.43. The zero-order valence-corrected chi connectivity index (χ0v) is 21.8. The summed E-state index contributed by atoms with van der Waals surface area (Å²) in [5, 5.41) is 6.53. The first-order chi connectivity index (χ1) is 16.7. The van der Waals surface area contributed by atoms with Gasteiger partial charge in [0.2, 0.25) is 5.91 Å². The molecule has 2 amide bonds. The van der Waals surface area contributed by atoms with Gasteiger partial charge in [-0.2, -0.15) is 0 Å². The zero-order valence-electron chi connectivity index (χ0n) is 21.0. The van der Waals surface area contributed by atoms with Crippen molar-refractivity contribution < 1.29 is 19.1 Å². The highest BCUT2D eigenvalue weighted by Crippen LogP contribution is 2.60. The van der Waals surface area contributed by atoms with E-state index in [1.165, 1.54) is 19.3 Å². The van der Waals surface area contributed by atoms with Crippen molar-refractivity contribution in [2.75, 3.05) is 17.2 Å². The van der Waals surface area contributed by atoms with Gasteiger partial charge in [-0.1, -0.05) is 6.07 Å². The van der Waals surface area contributed by atoms with Crippen LogP contribution in [0.1, 0.15) is 82.2 Å². The standard InChI is InChI=1S/C28H34N2O4S/c1-5-34-26(32)23-17(4)22(24(31)29-21-7-6-15(2)16(3)8-21)25(35-23)30-27(33)28-12-18-9-19(13-28)11-20(10-18)14-28/h6-8,18-20H,5,9-14H2,1-4H3,(H,29,31)(H,30,33). The Morgan fingerprint density at radius 1 is 0.971 bits per heavy atom. The van der Waals surface area contributed by atoms with Gasteiger partial charge in [-0.25, -0.2) is 4.79 Å². The van der Waals surface area contributed by atoms with Gasteiger partial charge in [0.15, 0.2) is 0 Å². The van der Waals surface area contributed by atoms with Crippen molar-refractivity contribution in [1.29, 1.82) is 0 Å². The summed E-state index contributed by atoms with van der Waals surface area (Å²) in [6.07, 6.45) is 6.56. The number of carbonyl (C=O) groups excluding carboxylic acids is 3. The molecule has 1 aromatic carbocycles. The Labute approximate surface area is 210 Å². The number of nitrogens with one attached hydrogen (secondary N) is 2. The van der Waals surface area contributed by atoms with Gasteiger partial charge >= 0.3 is 5.97 Å². The van der Waals surface area contributed by atoms with Gasteiger partial charge in [-0.05, 0) is 113 Å². The van der Waals surface area contributed by atoms with Gasteiger partial charge in [0.1, 0.15) is 9.88 Å². The van der Waals surface area contributed by atoms with Crippen molar-refractivity contribution in [2.24, 2.45) is 23.2 Å². The number of rotatable bonds is 6. The molecule has 6 rings (SSSR count). The highest BCUT2D eigenvalue weighted by Gasteiger charge is 2.54. The quantitative estimate of drug-likeness (QED) is 0.465. The van der Waals surface area contributed by atoms with E-state index in [2.05, 4.69) is 10.6 Å². The molecule has 1 aromatic heterocycles. The predicted molar refractivity (Wildman–Crippen MR) is 138 cm³/mol. The van der Waals surface area contributed by atoms with E-state index >= 15 is 0 Å². The number of hydrogen-bond acceptors (Lipinski definition) is 5. The molecule has 6 nitrogen and oxygen atoms in total. The number of thiophene rings is 1. The Hall–Kier alpha value is -2.67. The summed E-state index contributed by atoms with van der Waals surface area (Å²) >= 11 is 1.14. The highest BCUT2D eigenvalue weighted by molar-refractivity contribution is 7.18. The molecule has 4 aliphatic rings. The minimum absolute atomic E-state index is 0.00786. The second-order valence-corrected chi connectivity index (χ2v) is 11.9. The summed E-state index contributed by atoms with van der Waals surface area (Å²) in [4.78, 5) is 40.2. The first kappa shape index (κ1) is 24.0. The first-order valence-corrected chi connectivity index (χ1v) is 13.5. The van der Waals surface area contributed by atoms with E-state index in [1.807, 2.05) is 32.0 Å². The van der Waals surface area contributed by atoms with Crippen LogP contribution in [-0.4, -0.2) is 24.4 Å². The fourth-order valence-corrected chi connectivity index (χ4v) is 8.00. The predicted octanol–water partition coefficient (Wildman–Crippen LogP) is 6.26. The Balaban J connectivity index is 1.45. The second-order valence-electron chi connectivity index (χ2n) is 10.9. The molecule has 4 fully saturated rings. The topological polar surface area (TPSA) is 84.5 Å². The highest BCUT2D eigenvalue weighted by atomic mass is 32.1. The van der Waals surface area contributed by atoms with Crippen LogP contribution in [0.5, 0.6) is 0 Å². The minimum Gasteiger partial charge on any atom is -0.462 e. The van der Waals surface area contributed by atoms with Crippen LogP contribution in [0.15, 0.2) is 18.2 Å². The summed E-state index contributed by atoms with van der Waals surface area (Å²) in [7, 11) is 0. The molecule has 4 bridgehead atoms. The van der Waals surface area contributed by atoms with E-state index in [9.17, 15) is 14.4 Å². The van der Waals surface area contributed by atoms with Crippen LogP contribution in [-0.2, 0) is 9.53 Å². The van der Waals surface area contributed by atoms with Crippen LogP contribution in [0.3, 0.4) is 0 Å². The Bertz CT molecular complexity index is 1160. The lowest BCUT2D eigenvalue weighted by Gasteiger charge is -2.55. The molecule has 2 aromatic rings. The minimum atomic E-state index is -0.467. The lowest BCUT2D eigenvalue weighted by Crippen LogP contribution is -2.51. The molecule has 0 spiro atoms. The fraction of sp³-hybridized carbons (Fsp3) is 0.536. The molecule has 7 heteroatoms. The maximum absolute atomic E-state index is 13.7. The van der Waals surface area contributed by atoms with E-state index < -0.39 is 5.97 Å². The van der Waals surface area contributed by atoms with E-state index in [1.54, 1.807) is 13.8 Å². The van der Waals surface area contributed by atoms with Crippen LogP contribution in [0.2, 0.25) is 0 Å². The molecule has 4 aliphatic carbocycles. The second kappa shape index (κ2) is 9.08. The number of amides is 2. The maximum Gasteiger partial charge on any atom is 0.348 e. The molecule has 2 N–H and O–H groups in total. The molecular formula is C28H34N2O4S. The smallest absolute Gasteiger partial charge is 0.348 e. The average Bonchev–Trinajstić information content (AvgIpc) is 3.11. The van der Waals surface area contributed by atoms with Crippen LogP contribution >= 0.6 is 11.3 Å². The number of aryl methyl sites for hydroxylation is 2. The molecule has 0 atom stereocenters.